The maximum atomic E-state index is 9.84. The first-order chi connectivity index (χ1) is 3.56. The number of amides is 1. The SMILES string of the molecule is [NH]S(=O)(=O)CNC=O. The molecule has 0 aromatic heterocycles. The number of hydrogen-bond acceptors (Lipinski definition) is 3. The molecule has 0 fully saturated rings. The number of sulfonamides is 1. The van der Waals surface area contributed by atoms with E-state index in [0.717, 1.165) is 0 Å². The summed E-state index contributed by atoms with van der Waals surface area (Å²) in [5.74, 6) is -0.615. The second-order valence-corrected chi connectivity index (χ2v) is 2.60. The molecule has 6 heteroatoms. The van der Waals surface area contributed by atoms with Crippen LogP contribution in [0.15, 0.2) is 0 Å². The van der Waals surface area contributed by atoms with Crippen molar-refractivity contribution in [3.05, 3.63) is 0 Å². The first kappa shape index (κ1) is 7.38. The van der Waals surface area contributed by atoms with Gasteiger partial charge in [0.1, 0.15) is 5.88 Å². The van der Waals surface area contributed by atoms with Gasteiger partial charge in [-0.3, -0.25) is 4.79 Å². The van der Waals surface area contributed by atoms with E-state index in [2.05, 4.69) is 0 Å². The lowest BCUT2D eigenvalue weighted by Crippen LogP contribution is -2.21. The summed E-state index contributed by atoms with van der Waals surface area (Å²) in [6.45, 7) is 0. The third-order valence-corrected chi connectivity index (χ3v) is 0.903. The molecule has 0 bridgehead atoms. The van der Waals surface area contributed by atoms with Crippen molar-refractivity contribution in [3.63, 3.8) is 0 Å². The van der Waals surface area contributed by atoms with Gasteiger partial charge in [-0.2, -0.15) is 0 Å². The summed E-state index contributed by atoms with van der Waals surface area (Å²) in [4.78, 5) is 9.39. The average Bonchev–Trinajstić information content (AvgIpc) is 1.59. The molecular weight excluding hydrogens is 132 g/mol. The van der Waals surface area contributed by atoms with Gasteiger partial charge in [-0.1, -0.05) is 0 Å². The van der Waals surface area contributed by atoms with E-state index >= 15 is 0 Å². The summed E-state index contributed by atoms with van der Waals surface area (Å²) in [5, 5.41) is 8.02. The van der Waals surface area contributed by atoms with Crippen LogP contribution in [0.1, 0.15) is 0 Å². The number of hydrogen-bond donors (Lipinski definition) is 1. The van der Waals surface area contributed by atoms with Crippen LogP contribution in [-0.2, 0) is 14.8 Å². The van der Waals surface area contributed by atoms with Crippen molar-refractivity contribution in [1.82, 2.24) is 10.5 Å². The zero-order valence-electron chi connectivity index (χ0n) is 3.92. The van der Waals surface area contributed by atoms with Crippen LogP contribution >= 0.6 is 0 Å². The second kappa shape index (κ2) is 2.63. The molecule has 0 unspecified atom stereocenters. The molecule has 2 N–H and O–H groups in total. The molecule has 0 heterocycles. The van der Waals surface area contributed by atoms with Crippen LogP contribution in [-0.4, -0.2) is 20.7 Å². The van der Waals surface area contributed by atoms with Crippen molar-refractivity contribution in [2.45, 2.75) is 0 Å². The Balaban J connectivity index is 3.57. The molecule has 1 amide bonds. The molecule has 5 nitrogen and oxygen atoms in total. The Morgan fingerprint density at radius 3 is 2.25 bits per heavy atom. The van der Waals surface area contributed by atoms with Crippen molar-refractivity contribution in [3.8, 4) is 0 Å². The topological polar surface area (TPSA) is 87.0 Å². The first-order valence-electron chi connectivity index (χ1n) is 1.70. The predicted molar refractivity (Wildman–Crippen MR) is 26.1 cm³/mol. The van der Waals surface area contributed by atoms with Gasteiger partial charge < -0.3 is 5.32 Å². The van der Waals surface area contributed by atoms with Gasteiger partial charge in [-0.25, -0.2) is 8.42 Å². The first-order valence-corrected chi connectivity index (χ1v) is 3.36. The maximum absolute atomic E-state index is 9.84. The molecule has 0 aromatic carbocycles. The largest absolute Gasteiger partial charge is 0.343 e. The Labute approximate surface area is 46.9 Å². The van der Waals surface area contributed by atoms with Crippen molar-refractivity contribution >= 4 is 16.4 Å². The van der Waals surface area contributed by atoms with Crippen LogP contribution in [0.2, 0.25) is 0 Å². The minimum Gasteiger partial charge on any atom is -0.343 e. The molecule has 0 aliphatic carbocycles. The van der Waals surface area contributed by atoms with Crippen LogP contribution in [0.25, 0.3) is 0 Å². The van der Waals surface area contributed by atoms with Crippen molar-refractivity contribution in [2.75, 3.05) is 5.88 Å². The Bertz CT molecular complexity index is 160. The molecule has 0 aliphatic heterocycles. The standard InChI is InChI=1S/C2H5N2O3S/c3-8(6,7)2-4-1-5/h1,3H,2H2,(H,4,5). The summed E-state index contributed by atoms with van der Waals surface area (Å²) in [6, 6.07) is 0. The highest BCUT2D eigenvalue weighted by Gasteiger charge is 1.98. The average molecular weight is 137 g/mol. The Kier molecular flexibility index (Phi) is 2.43. The quantitative estimate of drug-likeness (QED) is 0.470. The van der Waals surface area contributed by atoms with E-state index in [1.54, 1.807) is 0 Å². The van der Waals surface area contributed by atoms with Crippen molar-refractivity contribution < 1.29 is 13.2 Å². The summed E-state index contributed by atoms with van der Waals surface area (Å²) in [7, 11) is -3.78. The van der Waals surface area contributed by atoms with Crippen LogP contribution in [0.4, 0.5) is 0 Å². The number of nitrogens with one attached hydrogen (secondary N) is 2. The third-order valence-electron chi connectivity index (χ3n) is 0.357. The minimum atomic E-state index is -3.78. The lowest BCUT2D eigenvalue weighted by atomic mass is 11.2. The Morgan fingerprint density at radius 1 is 1.62 bits per heavy atom. The molecule has 0 saturated carbocycles. The fraction of sp³-hybridized carbons (Fsp3) is 0.500. The van der Waals surface area contributed by atoms with Gasteiger partial charge in [0.15, 0.2) is 0 Å². The van der Waals surface area contributed by atoms with Gasteiger partial charge in [-0.05, 0) is 0 Å². The molecule has 47 valence electrons. The number of carbonyl (C=O) groups is 1. The van der Waals surface area contributed by atoms with E-state index in [-0.39, 0.29) is 6.41 Å². The third kappa shape index (κ3) is 5.38. The summed E-state index contributed by atoms with van der Waals surface area (Å²) >= 11 is 0. The summed E-state index contributed by atoms with van der Waals surface area (Å²) < 4.78 is 19.7. The molecule has 8 heavy (non-hydrogen) atoms. The second-order valence-electron chi connectivity index (χ2n) is 1.08. The van der Waals surface area contributed by atoms with Crippen molar-refractivity contribution in [1.29, 1.82) is 0 Å². The smallest absolute Gasteiger partial charge is 0.243 e. The van der Waals surface area contributed by atoms with E-state index in [1.807, 2.05) is 5.32 Å². The molecule has 0 spiro atoms. The molecular formula is C2H5N2O3S. The predicted octanol–water partition coefficient (Wildman–Crippen LogP) is -1.70. The van der Waals surface area contributed by atoms with Gasteiger partial charge in [-0.15, -0.1) is 5.14 Å². The van der Waals surface area contributed by atoms with E-state index in [0.29, 0.717) is 0 Å². The van der Waals surface area contributed by atoms with Gasteiger partial charge in [0, 0.05) is 0 Å². The van der Waals surface area contributed by atoms with Crippen LogP contribution in [0.5, 0.6) is 0 Å². The van der Waals surface area contributed by atoms with Crippen molar-refractivity contribution in [2.24, 2.45) is 0 Å². The van der Waals surface area contributed by atoms with E-state index < -0.39 is 15.9 Å². The van der Waals surface area contributed by atoms with Crippen LogP contribution in [0, 0.1) is 0 Å². The normalized spacial score (nSPS) is 10.6. The fourth-order valence-corrected chi connectivity index (χ4v) is 0.431. The lowest BCUT2D eigenvalue weighted by molar-refractivity contribution is -0.109. The van der Waals surface area contributed by atoms with Gasteiger partial charge in [0.05, 0.1) is 0 Å². The van der Waals surface area contributed by atoms with E-state index in [9.17, 15) is 13.2 Å². The number of carbonyl (C=O) groups excluding carboxylic acids is 1. The van der Waals surface area contributed by atoms with Gasteiger partial charge >= 0.3 is 0 Å². The molecule has 0 rings (SSSR count). The Morgan fingerprint density at radius 2 is 2.12 bits per heavy atom. The van der Waals surface area contributed by atoms with Gasteiger partial charge in [0.2, 0.25) is 16.4 Å². The van der Waals surface area contributed by atoms with Crippen LogP contribution < -0.4 is 10.5 Å². The summed E-state index contributed by atoms with van der Waals surface area (Å²) in [6.07, 6.45) is 0.228. The molecule has 0 aromatic rings. The molecule has 0 saturated heterocycles. The Hall–Kier alpha value is -0.620. The highest BCUT2D eigenvalue weighted by molar-refractivity contribution is 7.88. The van der Waals surface area contributed by atoms with Gasteiger partial charge in [0.25, 0.3) is 0 Å². The number of rotatable bonds is 3. The lowest BCUT2D eigenvalue weighted by Gasteiger charge is -1.89. The zero-order chi connectivity index (χ0) is 6.62. The molecule has 1 radical (unpaired) electrons. The maximum Gasteiger partial charge on any atom is 0.243 e. The van der Waals surface area contributed by atoms with E-state index in [4.69, 9.17) is 5.14 Å². The minimum absolute atomic E-state index is 0.228. The van der Waals surface area contributed by atoms with E-state index in [1.165, 1.54) is 0 Å². The zero-order valence-corrected chi connectivity index (χ0v) is 4.73. The molecule has 0 aliphatic rings. The monoisotopic (exact) mass is 137 g/mol. The summed E-state index contributed by atoms with van der Waals surface area (Å²) in [5.41, 5.74) is 0. The highest BCUT2D eigenvalue weighted by atomic mass is 32.2. The highest BCUT2D eigenvalue weighted by Crippen LogP contribution is 1.70. The molecule has 0 atom stereocenters. The fourth-order valence-electron chi connectivity index (χ4n) is 0.144. The van der Waals surface area contributed by atoms with Crippen LogP contribution in [0.3, 0.4) is 0 Å².